The summed E-state index contributed by atoms with van der Waals surface area (Å²) in [5, 5.41) is 0. The van der Waals surface area contributed by atoms with Gasteiger partial charge in [0.2, 0.25) is 0 Å². The molecule has 0 unspecified atom stereocenters. The molecule has 0 bridgehead atoms. The van der Waals surface area contributed by atoms with Gasteiger partial charge in [-0.1, -0.05) is 30.3 Å². The van der Waals surface area contributed by atoms with Gasteiger partial charge in [0.1, 0.15) is 5.82 Å². The van der Waals surface area contributed by atoms with Crippen molar-refractivity contribution in [1.82, 2.24) is 9.97 Å². The molecule has 21 heavy (non-hydrogen) atoms. The topological polar surface area (TPSA) is 55.0 Å². The molecular weight excluding hydrogens is 260 g/mol. The van der Waals surface area contributed by atoms with E-state index in [-0.39, 0.29) is 0 Å². The minimum Gasteiger partial charge on any atom is -0.355 e. The predicted octanol–water partition coefficient (Wildman–Crippen LogP) is 2.39. The van der Waals surface area contributed by atoms with Crippen LogP contribution in [0, 0.1) is 5.92 Å². The molecule has 0 aliphatic carbocycles. The number of hydrogen-bond donors (Lipinski definition) is 1. The lowest BCUT2D eigenvalue weighted by molar-refractivity contribution is 0.402. The Bertz CT molecular complexity index is 562. The van der Waals surface area contributed by atoms with E-state index in [2.05, 4.69) is 45.2 Å². The quantitative estimate of drug-likeness (QED) is 0.935. The lowest BCUT2D eigenvalue weighted by atomic mass is 9.90. The number of nitrogens with two attached hydrogens (primary N) is 1. The van der Waals surface area contributed by atoms with Crippen molar-refractivity contribution in [3.05, 3.63) is 54.0 Å². The van der Waals surface area contributed by atoms with Crippen LogP contribution in [0.15, 0.2) is 42.7 Å². The van der Waals surface area contributed by atoms with Gasteiger partial charge in [0.25, 0.3) is 0 Å². The molecule has 1 aliphatic heterocycles. The van der Waals surface area contributed by atoms with Crippen LogP contribution >= 0.6 is 0 Å². The van der Waals surface area contributed by atoms with Gasteiger partial charge in [-0.3, -0.25) is 4.98 Å². The molecular formula is C17H22N4. The van der Waals surface area contributed by atoms with Gasteiger partial charge in [0.05, 0.1) is 11.9 Å². The zero-order chi connectivity index (χ0) is 14.5. The van der Waals surface area contributed by atoms with Gasteiger partial charge < -0.3 is 10.6 Å². The average Bonchev–Trinajstić information content (AvgIpc) is 2.56. The van der Waals surface area contributed by atoms with E-state index in [1.54, 1.807) is 6.20 Å². The highest BCUT2D eigenvalue weighted by atomic mass is 15.2. The fourth-order valence-corrected chi connectivity index (χ4v) is 2.96. The largest absolute Gasteiger partial charge is 0.355 e. The van der Waals surface area contributed by atoms with E-state index in [4.69, 9.17) is 5.73 Å². The maximum Gasteiger partial charge on any atom is 0.147 e. The first-order chi connectivity index (χ1) is 10.3. The Balaban J connectivity index is 1.57. The zero-order valence-corrected chi connectivity index (χ0v) is 12.3. The second kappa shape index (κ2) is 6.68. The molecule has 1 aliphatic rings. The zero-order valence-electron chi connectivity index (χ0n) is 12.3. The minimum absolute atomic E-state index is 0.450. The van der Waals surface area contributed by atoms with Crippen LogP contribution in [-0.4, -0.2) is 23.1 Å². The molecule has 0 radical (unpaired) electrons. The van der Waals surface area contributed by atoms with Gasteiger partial charge in [0, 0.05) is 25.8 Å². The minimum atomic E-state index is 0.450. The van der Waals surface area contributed by atoms with Crippen molar-refractivity contribution in [2.45, 2.75) is 25.8 Å². The van der Waals surface area contributed by atoms with Crippen LogP contribution in [0.3, 0.4) is 0 Å². The van der Waals surface area contributed by atoms with Gasteiger partial charge >= 0.3 is 0 Å². The number of anilines is 1. The van der Waals surface area contributed by atoms with Crippen LogP contribution in [0.5, 0.6) is 0 Å². The number of nitrogens with zero attached hydrogens (tertiary/aromatic N) is 3. The SMILES string of the molecule is NCc1cncc(N2CCC(Cc3ccccc3)CC2)n1. The van der Waals surface area contributed by atoms with E-state index in [1.165, 1.54) is 24.8 Å². The van der Waals surface area contributed by atoms with Crippen LogP contribution in [0.25, 0.3) is 0 Å². The molecule has 3 rings (SSSR count). The van der Waals surface area contributed by atoms with Crippen molar-refractivity contribution in [2.75, 3.05) is 18.0 Å². The van der Waals surface area contributed by atoms with Crippen molar-refractivity contribution in [1.29, 1.82) is 0 Å². The van der Waals surface area contributed by atoms with E-state index < -0.39 is 0 Å². The number of piperidine rings is 1. The molecule has 1 saturated heterocycles. The van der Waals surface area contributed by atoms with Crippen LogP contribution in [0.4, 0.5) is 5.82 Å². The molecule has 1 aromatic carbocycles. The van der Waals surface area contributed by atoms with E-state index in [1.807, 2.05) is 6.20 Å². The Hall–Kier alpha value is -1.94. The Kier molecular flexibility index (Phi) is 4.46. The van der Waals surface area contributed by atoms with Gasteiger partial charge in [-0.05, 0) is 30.7 Å². The standard InChI is InChI=1S/C17H22N4/c18-11-16-12-19-13-17(20-16)21-8-6-15(7-9-21)10-14-4-2-1-3-5-14/h1-5,12-13,15H,6-11,18H2. The Morgan fingerprint density at radius 1 is 1.10 bits per heavy atom. The average molecular weight is 282 g/mol. The molecule has 0 amide bonds. The molecule has 2 aromatic rings. The highest BCUT2D eigenvalue weighted by molar-refractivity contribution is 5.36. The summed E-state index contributed by atoms with van der Waals surface area (Å²) >= 11 is 0. The summed E-state index contributed by atoms with van der Waals surface area (Å²) in [6.07, 6.45) is 7.19. The van der Waals surface area contributed by atoms with Crippen LogP contribution in [-0.2, 0) is 13.0 Å². The fourth-order valence-electron chi connectivity index (χ4n) is 2.96. The summed E-state index contributed by atoms with van der Waals surface area (Å²) in [4.78, 5) is 11.1. The second-order valence-corrected chi connectivity index (χ2v) is 5.69. The van der Waals surface area contributed by atoms with Crippen LogP contribution in [0.1, 0.15) is 24.1 Å². The Morgan fingerprint density at radius 2 is 1.86 bits per heavy atom. The van der Waals surface area contributed by atoms with Crippen molar-refractivity contribution in [3.8, 4) is 0 Å². The molecule has 2 heterocycles. The Morgan fingerprint density at radius 3 is 2.57 bits per heavy atom. The maximum absolute atomic E-state index is 5.64. The van der Waals surface area contributed by atoms with E-state index in [0.29, 0.717) is 6.54 Å². The summed E-state index contributed by atoms with van der Waals surface area (Å²) in [6.45, 7) is 2.56. The third-order valence-electron chi connectivity index (χ3n) is 4.19. The third kappa shape index (κ3) is 3.58. The fraction of sp³-hybridized carbons (Fsp3) is 0.412. The predicted molar refractivity (Wildman–Crippen MR) is 85.0 cm³/mol. The highest BCUT2D eigenvalue weighted by Gasteiger charge is 2.20. The third-order valence-corrected chi connectivity index (χ3v) is 4.19. The summed E-state index contributed by atoms with van der Waals surface area (Å²) in [5.74, 6) is 1.74. The smallest absolute Gasteiger partial charge is 0.147 e. The van der Waals surface area contributed by atoms with Crippen molar-refractivity contribution < 1.29 is 0 Å². The molecule has 4 nitrogen and oxygen atoms in total. The van der Waals surface area contributed by atoms with Crippen molar-refractivity contribution in [3.63, 3.8) is 0 Å². The monoisotopic (exact) mass is 282 g/mol. The normalized spacial score (nSPS) is 16.1. The summed E-state index contributed by atoms with van der Waals surface area (Å²) < 4.78 is 0. The molecule has 0 saturated carbocycles. The lowest BCUT2D eigenvalue weighted by Crippen LogP contribution is -2.35. The van der Waals surface area contributed by atoms with Crippen LogP contribution in [0.2, 0.25) is 0 Å². The van der Waals surface area contributed by atoms with E-state index in [9.17, 15) is 0 Å². The van der Waals surface area contributed by atoms with Gasteiger partial charge in [-0.25, -0.2) is 4.98 Å². The van der Waals surface area contributed by atoms with E-state index in [0.717, 1.165) is 30.5 Å². The summed E-state index contributed by atoms with van der Waals surface area (Å²) in [7, 11) is 0. The van der Waals surface area contributed by atoms with Gasteiger partial charge in [0.15, 0.2) is 0 Å². The van der Waals surface area contributed by atoms with Crippen molar-refractivity contribution >= 4 is 5.82 Å². The van der Waals surface area contributed by atoms with Crippen LogP contribution < -0.4 is 10.6 Å². The number of hydrogen-bond acceptors (Lipinski definition) is 4. The summed E-state index contributed by atoms with van der Waals surface area (Å²) in [6, 6.07) is 10.8. The van der Waals surface area contributed by atoms with Gasteiger partial charge in [-0.2, -0.15) is 0 Å². The molecule has 4 heteroatoms. The molecule has 0 atom stereocenters. The summed E-state index contributed by atoms with van der Waals surface area (Å²) in [5.41, 5.74) is 7.94. The Labute approximate surface area is 126 Å². The molecule has 1 fully saturated rings. The molecule has 2 N–H and O–H groups in total. The lowest BCUT2D eigenvalue weighted by Gasteiger charge is -2.32. The number of aromatic nitrogens is 2. The van der Waals surface area contributed by atoms with E-state index >= 15 is 0 Å². The molecule has 0 spiro atoms. The molecule has 1 aromatic heterocycles. The van der Waals surface area contributed by atoms with Gasteiger partial charge in [-0.15, -0.1) is 0 Å². The first-order valence-electron chi connectivity index (χ1n) is 7.65. The first kappa shape index (κ1) is 14.0. The number of benzene rings is 1. The highest BCUT2D eigenvalue weighted by Crippen LogP contribution is 2.24. The maximum atomic E-state index is 5.64. The number of rotatable bonds is 4. The first-order valence-corrected chi connectivity index (χ1v) is 7.65. The molecule has 110 valence electrons. The van der Waals surface area contributed by atoms with Crippen molar-refractivity contribution in [2.24, 2.45) is 11.7 Å². The second-order valence-electron chi connectivity index (χ2n) is 5.69.